The second-order valence-electron chi connectivity index (χ2n) is 6.60. The third-order valence-corrected chi connectivity index (χ3v) is 6.01. The molecule has 0 bridgehead atoms. The minimum Gasteiger partial charge on any atom is -0.397 e. The summed E-state index contributed by atoms with van der Waals surface area (Å²) in [4.78, 5) is 18.7. The standard InChI is InChI=1S/C19H18ClN3OS/c1-10-2-7-15-11(8-10)9-14-16(21)17(25-19(14)23-15)18(24)22-13-5-3-12(20)4-6-13/h3-6,9-10H,2,7-8,21H2,1H3,(H,22,24). The Balaban J connectivity index is 1.69. The highest BCUT2D eigenvalue weighted by Gasteiger charge is 2.22. The van der Waals surface area contributed by atoms with Gasteiger partial charge in [0.15, 0.2) is 0 Å². The molecule has 128 valence electrons. The maximum atomic E-state index is 12.6. The highest BCUT2D eigenvalue weighted by atomic mass is 35.5. The van der Waals surface area contributed by atoms with Gasteiger partial charge in [0.1, 0.15) is 9.71 Å². The molecule has 0 saturated heterocycles. The van der Waals surface area contributed by atoms with Gasteiger partial charge in [-0.1, -0.05) is 18.5 Å². The monoisotopic (exact) mass is 371 g/mol. The van der Waals surface area contributed by atoms with Crippen LogP contribution in [0.1, 0.15) is 34.3 Å². The molecule has 25 heavy (non-hydrogen) atoms. The van der Waals surface area contributed by atoms with Crippen molar-refractivity contribution in [3.63, 3.8) is 0 Å². The topological polar surface area (TPSA) is 68.0 Å². The zero-order valence-corrected chi connectivity index (χ0v) is 15.4. The third kappa shape index (κ3) is 3.10. The highest BCUT2D eigenvalue weighted by molar-refractivity contribution is 7.21. The van der Waals surface area contributed by atoms with Crippen molar-refractivity contribution in [3.05, 3.63) is 51.5 Å². The molecule has 6 heteroatoms. The number of hydrogen-bond donors (Lipinski definition) is 2. The molecule has 0 fully saturated rings. The van der Waals surface area contributed by atoms with Crippen LogP contribution in [-0.2, 0) is 12.8 Å². The van der Waals surface area contributed by atoms with Gasteiger partial charge in [-0.3, -0.25) is 4.79 Å². The molecule has 0 spiro atoms. The Labute approximate surface area is 155 Å². The fraction of sp³-hybridized carbons (Fsp3) is 0.263. The number of carbonyl (C=O) groups excluding carboxylic acids is 1. The molecule has 1 atom stereocenters. The van der Waals surface area contributed by atoms with E-state index in [0.29, 0.717) is 27.2 Å². The maximum Gasteiger partial charge on any atom is 0.267 e. The Morgan fingerprint density at radius 1 is 1.36 bits per heavy atom. The van der Waals surface area contributed by atoms with Gasteiger partial charge in [0.2, 0.25) is 0 Å². The van der Waals surface area contributed by atoms with Crippen molar-refractivity contribution in [2.75, 3.05) is 11.1 Å². The van der Waals surface area contributed by atoms with Gasteiger partial charge in [-0.2, -0.15) is 0 Å². The van der Waals surface area contributed by atoms with Gasteiger partial charge < -0.3 is 11.1 Å². The van der Waals surface area contributed by atoms with Gasteiger partial charge in [-0.15, -0.1) is 11.3 Å². The van der Waals surface area contributed by atoms with E-state index in [1.807, 2.05) is 0 Å². The normalized spacial score (nSPS) is 16.6. The number of nitrogens with one attached hydrogen (secondary N) is 1. The zero-order valence-electron chi connectivity index (χ0n) is 13.8. The number of aryl methyl sites for hydroxylation is 1. The summed E-state index contributed by atoms with van der Waals surface area (Å²) >= 11 is 7.23. The maximum absolute atomic E-state index is 12.6. The predicted octanol–water partition coefficient (Wildman–Crippen LogP) is 4.91. The van der Waals surface area contributed by atoms with Gasteiger partial charge in [0.05, 0.1) is 5.69 Å². The summed E-state index contributed by atoms with van der Waals surface area (Å²) in [5, 5.41) is 4.39. The number of aromatic nitrogens is 1. The minimum absolute atomic E-state index is 0.214. The molecule has 1 aromatic carbocycles. The Bertz CT molecular complexity index is 965. The first-order valence-electron chi connectivity index (χ1n) is 8.29. The predicted molar refractivity (Wildman–Crippen MR) is 105 cm³/mol. The number of fused-ring (bicyclic) bond motifs is 2. The number of nitrogen functional groups attached to an aromatic ring is 1. The van der Waals surface area contributed by atoms with E-state index in [2.05, 4.69) is 18.3 Å². The third-order valence-electron chi connectivity index (χ3n) is 4.64. The zero-order chi connectivity index (χ0) is 17.6. The molecule has 4 rings (SSSR count). The van der Waals surface area contributed by atoms with Gasteiger partial charge >= 0.3 is 0 Å². The number of amides is 1. The second-order valence-corrected chi connectivity index (χ2v) is 8.04. The van der Waals surface area contributed by atoms with Crippen LogP contribution in [0.3, 0.4) is 0 Å². The van der Waals surface area contributed by atoms with Gasteiger partial charge in [0.25, 0.3) is 5.91 Å². The Hall–Kier alpha value is -2.11. The van der Waals surface area contributed by atoms with E-state index in [1.165, 1.54) is 16.9 Å². The van der Waals surface area contributed by atoms with Gasteiger partial charge in [0, 0.05) is 21.8 Å². The lowest BCUT2D eigenvalue weighted by Gasteiger charge is -2.20. The number of nitrogens with two attached hydrogens (primary N) is 1. The summed E-state index contributed by atoms with van der Waals surface area (Å²) in [5.41, 5.74) is 9.89. The Morgan fingerprint density at radius 2 is 2.12 bits per heavy atom. The molecule has 2 heterocycles. The van der Waals surface area contributed by atoms with Crippen LogP contribution in [0.4, 0.5) is 11.4 Å². The van der Waals surface area contributed by atoms with Gasteiger partial charge in [-0.05, 0) is 61.1 Å². The van der Waals surface area contributed by atoms with E-state index in [-0.39, 0.29) is 5.91 Å². The van der Waals surface area contributed by atoms with Crippen molar-refractivity contribution in [1.82, 2.24) is 4.98 Å². The molecule has 1 amide bonds. The molecule has 1 unspecified atom stereocenters. The molecule has 0 saturated carbocycles. The first kappa shape index (κ1) is 16.4. The smallest absolute Gasteiger partial charge is 0.267 e. The summed E-state index contributed by atoms with van der Waals surface area (Å²) in [6.07, 6.45) is 3.19. The van der Waals surface area contributed by atoms with E-state index in [4.69, 9.17) is 22.3 Å². The first-order valence-corrected chi connectivity index (χ1v) is 9.48. The molecule has 0 radical (unpaired) electrons. The van der Waals surface area contributed by atoms with E-state index < -0.39 is 0 Å². The van der Waals surface area contributed by atoms with Crippen molar-refractivity contribution in [1.29, 1.82) is 0 Å². The number of pyridine rings is 1. The first-order chi connectivity index (χ1) is 12.0. The lowest BCUT2D eigenvalue weighted by molar-refractivity contribution is 0.103. The molecule has 0 aliphatic heterocycles. The lowest BCUT2D eigenvalue weighted by atomic mass is 9.87. The van der Waals surface area contributed by atoms with Crippen LogP contribution >= 0.6 is 22.9 Å². The number of carbonyl (C=O) groups is 1. The van der Waals surface area contributed by atoms with E-state index >= 15 is 0 Å². The largest absolute Gasteiger partial charge is 0.397 e. The number of nitrogens with zero attached hydrogens (tertiary/aromatic N) is 1. The molecule has 2 aromatic heterocycles. The van der Waals surface area contributed by atoms with Crippen molar-refractivity contribution in [2.24, 2.45) is 5.92 Å². The summed E-state index contributed by atoms with van der Waals surface area (Å²) in [6, 6.07) is 9.13. The number of anilines is 2. The molecule has 1 aliphatic carbocycles. The molecular weight excluding hydrogens is 354 g/mol. The molecule has 3 aromatic rings. The molecule has 1 aliphatic rings. The van der Waals surface area contributed by atoms with Crippen LogP contribution in [0.25, 0.3) is 10.2 Å². The van der Waals surface area contributed by atoms with Crippen LogP contribution < -0.4 is 11.1 Å². The molecule has 3 N–H and O–H groups in total. The number of thiophene rings is 1. The van der Waals surface area contributed by atoms with E-state index in [1.54, 1.807) is 24.3 Å². The van der Waals surface area contributed by atoms with E-state index in [0.717, 1.165) is 35.2 Å². The number of hydrogen-bond acceptors (Lipinski definition) is 4. The Kier molecular flexibility index (Phi) is 4.13. The fourth-order valence-electron chi connectivity index (χ4n) is 3.26. The molecular formula is C19H18ClN3OS. The van der Waals surface area contributed by atoms with Crippen molar-refractivity contribution >= 4 is 50.4 Å². The number of benzene rings is 1. The highest BCUT2D eigenvalue weighted by Crippen LogP contribution is 2.36. The number of rotatable bonds is 2. The summed E-state index contributed by atoms with van der Waals surface area (Å²) < 4.78 is 0. The second kappa shape index (κ2) is 6.32. The lowest BCUT2D eigenvalue weighted by Crippen LogP contribution is -2.12. The average Bonchev–Trinajstić information content (AvgIpc) is 2.91. The summed E-state index contributed by atoms with van der Waals surface area (Å²) in [6.45, 7) is 2.26. The fourth-order valence-corrected chi connectivity index (χ4v) is 4.38. The van der Waals surface area contributed by atoms with Gasteiger partial charge in [-0.25, -0.2) is 4.98 Å². The average molecular weight is 372 g/mol. The summed E-state index contributed by atoms with van der Waals surface area (Å²) in [5.74, 6) is 0.452. The van der Waals surface area contributed by atoms with Crippen molar-refractivity contribution < 1.29 is 4.79 Å². The SMILES string of the molecule is CC1CCc2nc3sc(C(=O)Nc4ccc(Cl)cc4)c(N)c3cc2C1. The molecule has 4 nitrogen and oxygen atoms in total. The Morgan fingerprint density at radius 3 is 2.88 bits per heavy atom. The van der Waals surface area contributed by atoms with Crippen LogP contribution in [0.2, 0.25) is 5.02 Å². The van der Waals surface area contributed by atoms with Crippen molar-refractivity contribution in [2.45, 2.75) is 26.2 Å². The van der Waals surface area contributed by atoms with E-state index in [9.17, 15) is 4.79 Å². The van der Waals surface area contributed by atoms with Crippen LogP contribution in [0.15, 0.2) is 30.3 Å². The van der Waals surface area contributed by atoms with Crippen LogP contribution in [-0.4, -0.2) is 10.9 Å². The van der Waals surface area contributed by atoms with Crippen LogP contribution in [0, 0.1) is 5.92 Å². The van der Waals surface area contributed by atoms with Crippen LogP contribution in [0.5, 0.6) is 0 Å². The quantitative estimate of drug-likeness (QED) is 0.672. The minimum atomic E-state index is -0.214. The number of halogens is 1. The summed E-state index contributed by atoms with van der Waals surface area (Å²) in [7, 11) is 0. The van der Waals surface area contributed by atoms with Crippen molar-refractivity contribution in [3.8, 4) is 0 Å².